The Morgan fingerprint density at radius 1 is 1.37 bits per heavy atom. The molecule has 1 aromatic carbocycles. The summed E-state index contributed by atoms with van der Waals surface area (Å²) in [4.78, 5) is 22.7. The number of carbonyl (C=O) groups excluding carboxylic acids is 1. The number of rotatable bonds is 5. The molecule has 19 heavy (non-hydrogen) atoms. The van der Waals surface area contributed by atoms with Crippen LogP contribution in [0, 0.1) is 11.7 Å². The van der Waals surface area contributed by atoms with Crippen molar-refractivity contribution in [1.29, 1.82) is 0 Å². The van der Waals surface area contributed by atoms with Crippen LogP contribution in [0.3, 0.4) is 0 Å². The van der Waals surface area contributed by atoms with Gasteiger partial charge in [-0.1, -0.05) is 6.07 Å². The van der Waals surface area contributed by atoms with Crippen LogP contribution in [0.25, 0.3) is 0 Å². The maximum atomic E-state index is 13.8. The van der Waals surface area contributed by atoms with Crippen LogP contribution in [0.2, 0.25) is 0 Å². The van der Waals surface area contributed by atoms with Gasteiger partial charge >= 0.3 is 5.97 Å². The van der Waals surface area contributed by atoms with Gasteiger partial charge in [-0.3, -0.25) is 9.59 Å². The molecule has 104 valence electrons. The van der Waals surface area contributed by atoms with Gasteiger partial charge in [-0.2, -0.15) is 0 Å². The number of hydrogen-bond donors (Lipinski definition) is 2. The molecule has 0 saturated heterocycles. The Morgan fingerprint density at radius 2 is 2.00 bits per heavy atom. The molecule has 0 aliphatic heterocycles. The van der Waals surface area contributed by atoms with Crippen molar-refractivity contribution < 1.29 is 23.8 Å². The summed E-state index contributed by atoms with van der Waals surface area (Å²) in [5, 5.41) is 11.3. The van der Waals surface area contributed by atoms with Crippen molar-refractivity contribution in [3.8, 4) is 5.75 Å². The average molecular weight is 269 g/mol. The first-order chi connectivity index (χ1) is 8.88. The Hall–Kier alpha value is -2.11. The molecule has 2 unspecified atom stereocenters. The molecule has 5 nitrogen and oxygen atoms in total. The van der Waals surface area contributed by atoms with Crippen molar-refractivity contribution in [2.24, 2.45) is 5.92 Å². The molecule has 0 aromatic heterocycles. The van der Waals surface area contributed by atoms with Crippen LogP contribution in [0.15, 0.2) is 18.2 Å². The van der Waals surface area contributed by atoms with Gasteiger partial charge in [0, 0.05) is 6.04 Å². The molecule has 0 bridgehead atoms. The van der Waals surface area contributed by atoms with Crippen LogP contribution in [0.5, 0.6) is 5.75 Å². The lowest BCUT2D eigenvalue weighted by Gasteiger charge is -2.18. The van der Waals surface area contributed by atoms with Gasteiger partial charge in [0.15, 0.2) is 11.6 Å². The molecule has 0 saturated carbocycles. The summed E-state index contributed by atoms with van der Waals surface area (Å²) in [5.41, 5.74) is -0.177. The van der Waals surface area contributed by atoms with Gasteiger partial charge in [-0.05, 0) is 26.0 Å². The van der Waals surface area contributed by atoms with E-state index in [1.54, 1.807) is 6.92 Å². The molecule has 0 fully saturated rings. The Balaban J connectivity index is 2.87. The molecule has 0 aliphatic carbocycles. The smallest absolute Gasteiger partial charge is 0.308 e. The Kier molecular flexibility index (Phi) is 4.86. The maximum Gasteiger partial charge on any atom is 0.308 e. The summed E-state index contributed by atoms with van der Waals surface area (Å²) in [6, 6.07) is 3.58. The number of carbonyl (C=O) groups is 2. The highest BCUT2D eigenvalue weighted by molar-refractivity contribution is 5.95. The number of carboxylic acids is 1. The molecule has 2 atom stereocenters. The number of hydrogen-bond acceptors (Lipinski definition) is 3. The minimum atomic E-state index is -1.03. The van der Waals surface area contributed by atoms with Gasteiger partial charge in [0.25, 0.3) is 5.91 Å². The summed E-state index contributed by atoms with van der Waals surface area (Å²) in [5.74, 6) is -3.27. The zero-order valence-corrected chi connectivity index (χ0v) is 10.9. The summed E-state index contributed by atoms with van der Waals surface area (Å²) in [6.45, 7) is 3.02. The normalized spacial score (nSPS) is 13.5. The molecule has 0 heterocycles. The third kappa shape index (κ3) is 3.43. The molecular weight excluding hydrogens is 253 g/mol. The van der Waals surface area contributed by atoms with E-state index in [4.69, 9.17) is 9.84 Å². The second kappa shape index (κ2) is 6.17. The number of methoxy groups -OCH3 is 1. The topological polar surface area (TPSA) is 75.6 Å². The predicted octanol–water partition coefficient (Wildman–Crippen LogP) is 1.67. The van der Waals surface area contributed by atoms with Crippen LogP contribution in [-0.2, 0) is 4.79 Å². The van der Waals surface area contributed by atoms with E-state index in [9.17, 15) is 14.0 Å². The van der Waals surface area contributed by atoms with Crippen LogP contribution < -0.4 is 10.1 Å². The first kappa shape index (κ1) is 14.9. The molecule has 1 aromatic rings. The highest BCUT2D eigenvalue weighted by Gasteiger charge is 2.23. The molecule has 1 amide bonds. The summed E-state index contributed by atoms with van der Waals surface area (Å²) < 4.78 is 18.6. The number of ether oxygens (including phenoxy) is 1. The zero-order valence-electron chi connectivity index (χ0n) is 10.9. The Labute approximate surface area is 110 Å². The van der Waals surface area contributed by atoms with Crippen LogP contribution in [0.4, 0.5) is 4.39 Å². The van der Waals surface area contributed by atoms with Gasteiger partial charge in [-0.15, -0.1) is 0 Å². The predicted molar refractivity (Wildman–Crippen MR) is 66.7 cm³/mol. The third-order valence-corrected chi connectivity index (χ3v) is 2.93. The van der Waals surface area contributed by atoms with Crippen molar-refractivity contribution in [2.45, 2.75) is 19.9 Å². The fourth-order valence-electron chi connectivity index (χ4n) is 1.47. The minimum absolute atomic E-state index is 0.0356. The molecule has 6 heteroatoms. The summed E-state index contributed by atoms with van der Waals surface area (Å²) in [6.07, 6.45) is 0. The monoisotopic (exact) mass is 269 g/mol. The first-order valence-corrected chi connectivity index (χ1v) is 5.74. The molecule has 2 N–H and O–H groups in total. The van der Waals surface area contributed by atoms with Gasteiger partial charge in [0.05, 0.1) is 18.6 Å². The minimum Gasteiger partial charge on any atom is -0.494 e. The van der Waals surface area contributed by atoms with Crippen LogP contribution in [-0.4, -0.2) is 30.1 Å². The van der Waals surface area contributed by atoms with E-state index >= 15 is 0 Å². The molecular formula is C13H16FNO4. The van der Waals surface area contributed by atoms with E-state index in [2.05, 4.69) is 5.32 Å². The van der Waals surface area contributed by atoms with E-state index in [0.717, 1.165) is 0 Å². The molecule has 0 radical (unpaired) electrons. The standard InChI is InChI=1S/C13H16FNO4/c1-7(13(17)18)8(2)15-12(16)9-5-4-6-10(19-3)11(9)14/h4-8H,1-3H3,(H,15,16)(H,17,18). The quantitative estimate of drug-likeness (QED) is 0.852. The van der Waals surface area contributed by atoms with E-state index in [-0.39, 0.29) is 11.3 Å². The van der Waals surface area contributed by atoms with Crippen molar-refractivity contribution in [1.82, 2.24) is 5.32 Å². The average Bonchev–Trinajstić information content (AvgIpc) is 2.37. The number of carboxylic acid groups (broad SMARTS) is 1. The van der Waals surface area contributed by atoms with E-state index in [1.807, 2.05) is 0 Å². The van der Waals surface area contributed by atoms with E-state index in [0.29, 0.717) is 0 Å². The largest absolute Gasteiger partial charge is 0.494 e. The lowest BCUT2D eigenvalue weighted by molar-refractivity contribution is -0.141. The Morgan fingerprint density at radius 3 is 2.53 bits per heavy atom. The highest BCUT2D eigenvalue weighted by atomic mass is 19.1. The summed E-state index contributed by atoms with van der Waals surface area (Å²) >= 11 is 0. The fraction of sp³-hybridized carbons (Fsp3) is 0.385. The van der Waals surface area contributed by atoms with Gasteiger partial charge < -0.3 is 15.2 Å². The number of aliphatic carboxylic acids is 1. The van der Waals surface area contributed by atoms with Crippen LogP contribution in [0.1, 0.15) is 24.2 Å². The summed E-state index contributed by atoms with van der Waals surface area (Å²) in [7, 11) is 1.30. The van der Waals surface area contributed by atoms with Gasteiger partial charge in [0.1, 0.15) is 0 Å². The number of benzene rings is 1. The number of nitrogens with one attached hydrogen (secondary N) is 1. The second-order valence-electron chi connectivity index (χ2n) is 4.21. The number of amides is 1. The number of halogens is 1. The highest BCUT2D eigenvalue weighted by Crippen LogP contribution is 2.20. The lowest BCUT2D eigenvalue weighted by Crippen LogP contribution is -2.40. The van der Waals surface area contributed by atoms with Gasteiger partial charge in [-0.25, -0.2) is 4.39 Å². The van der Waals surface area contributed by atoms with E-state index in [1.165, 1.54) is 32.2 Å². The molecule has 0 aliphatic rings. The Bertz CT molecular complexity index is 490. The second-order valence-corrected chi connectivity index (χ2v) is 4.21. The SMILES string of the molecule is COc1cccc(C(=O)NC(C)C(C)C(=O)O)c1F. The van der Waals surface area contributed by atoms with Crippen molar-refractivity contribution in [3.63, 3.8) is 0 Å². The van der Waals surface area contributed by atoms with E-state index < -0.39 is 29.7 Å². The van der Waals surface area contributed by atoms with Gasteiger partial charge in [0.2, 0.25) is 0 Å². The van der Waals surface area contributed by atoms with Crippen molar-refractivity contribution in [3.05, 3.63) is 29.6 Å². The fourth-order valence-corrected chi connectivity index (χ4v) is 1.47. The maximum absolute atomic E-state index is 13.8. The zero-order chi connectivity index (χ0) is 14.6. The lowest BCUT2D eigenvalue weighted by atomic mass is 10.0. The molecule has 1 rings (SSSR count). The van der Waals surface area contributed by atoms with Crippen LogP contribution >= 0.6 is 0 Å². The van der Waals surface area contributed by atoms with Crippen molar-refractivity contribution in [2.75, 3.05) is 7.11 Å². The van der Waals surface area contributed by atoms with Crippen molar-refractivity contribution >= 4 is 11.9 Å². The third-order valence-electron chi connectivity index (χ3n) is 2.93. The first-order valence-electron chi connectivity index (χ1n) is 5.74. The molecule has 0 spiro atoms.